The highest BCUT2D eigenvalue weighted by Crippen LogP contribution is 2.33. The number of anilines is 2. The van der Waals surface area contributed by atoms with E-state index in [0.29, 0.717) is 0 Å². The Morgan fingerprint density at radius 2 is 1.48 bits per heavy atom. The number of para-hydroxylation sites is 1. The molecular weight excluding hydrogens is 302 g/mol. The first-order valence-electron chi connectivity index (χ1n) is 8.29. The minimum absolute atomic E-state index is 1.05. The zero-order valence-electron chi connectivity index (χ0n) is 14.2. The van der Waals surface area contributed by atoms with Gasteiger partial charge in [-0.15, -0.1) is 0 Å². The third kappa shape index (κ3) is 3.96. The van der Waals surface area contributed by atoms with Crippen LogP contribution >= 0.6 is 0 Å². The molecule has 25 heavy (non-hydrogen) atoms. The predicted molar refractivity (Wildman–Crippen MR) is 110 cm³/mol. The Morgan fingerprint density at radius 1 is 0.800 bits per heavy atom. The van der Waals surface area contributed by atoms with Crippen LogP contribution in [0.1, 0.15) is 5.56 Å². The third-order valence-corrected chi connectivity index (χ3v) is 4.01. The van der Waals surface area contributed by atoms with Crippen molar-refractivity contribution in [3.8, 4) is 11.1 Å². The van der Waals surface area contributed by atoms with Gasteiger partial charge in [0.05, 0.1) is 0 Å². The highest BCUT2D eigenvalue weighted by atomic mass is 14.9. The molecule has 3 aromatic rings. The average Bonchev–Trinajstić information content (AvgIpc) is 2.68. The second kappa shape index (κ2) is 7.98. The quantitative estimate of drug-likeness (QED) is 0.489. The highest BCUT2D eigenvalue weighted by molar-refractivity contribution is 5.86. The van der Waals surface area contributed by atoms with E-state index >= 15 is 0 Å². The molecule has 0 amide bonds. The molecule has 0 radical (unpaired) electrons. The number of rotatable bonds is 6. The second-order valence-corrected chi connectivity index (χ2v) is 5.68. The van der Waals surface area contributed by atoms with E-state index in [1.807, 2.05) is 36.4 Å². The van der Waals surface area contributed by atoms with Crippen molar-refractivity contribution in [2.24, 2.45) is 0 Å². The van der Waals surface area contributed by atoms with Crippen molar-refractivity contribution in [2.45, 2.75) is 0 Å². The first-order valence-corrected chi connectivity index (χ1v) is 8.29. The van der Waals surface area contributed by atoms with E-state index in [0.717, 1.165) is 28.1 Å². The summed E-state index contributed by atoms with van der Waals surface area (Å²) in [7, 11) is 0. The molecule has 1 N–H and O–H groups in total. The molecule has 0 aliphatic rings. The topological polar surface area (TPSA) is 12.0 Å². The lowest BCUT2D eigenvalue weighted by molar-refractivity contribution is 1.51. The lowest BCUT2D eigenvalue weighted by Crippen LogP contribution is -1.94. The van der Waals surface area contributed by atoms with Crippen LogP contribution in [-0.4, -0.2) is 0 Å². The Balaban J connectivity index is 2.10. The van der Waals surface area contributed by atoms with Crippen LogP contribution in [0.2, 0.25) is 0 Å². The van der Waals surface area contributed by atoms with Crippen LogP contribution in [0.3, 0.4) is 0 Å². The summed E-state index contributed by atoms with van der Waals surface area (Å²) in [5.41, 5.74) is 6.63. The fraction of sp³-hybridized carbons (Fsp3) is 0. The van der Waals surface area contributed by atoms with Gasteiger partial charge in [-0.2, -0.15) is 0 Å². The molecule has 0 aliphatic carbocycles. The van der Waals surface area contributed by atoms with Gasteiger partial charge < -0.3 is 5.32 Å². The van der Waals surface area contributed by atoms with Gasteiger partial charge in [0.1, 0.15) is 0 Å². The number of allylic oxidation sites excluding steroid dienone is 4. The van der Waals surface area contributed by atoms with E-state index in [-0.39, 0.29) is 0 Å². The van der Waals surface area contributed by atoms with Crippen LogP contribution in [0.15, 0.2) is 110 Å². The fourth-order valence-corrected chi connectivity index (χ4v) is 2.78. The fourth-order valence-electron chi connectivity index (χ4n) is 2.78. The summed E-state index contributed by atoms with van der Waals surface area (Å²) in [6.45, 7) is 7.71. The van der Waals surface area contributed by atoms with E-state index in [1.165, 1.54) is 5.56 Å². The Hall–Kier alpha value is -3.32. The molecule has 0 aliphatic heterocycles. The lowest BCUT2D eigenvalue weighted by atomic mass is 9.97. The summed E-state index contributed by atoms with van der Waals surface area (Å²) in [5.74, 6) is 0. The van der Waals surface area contributed by atoms with E-state index in [4.69, 9.17) is 0 Å². The summed E-state index contributed by atoms with van der Waals surface area (Å²) in [5, 5.41) is 3.52. The molecule has 0 saturated heterocycles. The lowest BCUT2D eigenvalue weighted by Gasteiger charge is -2.15. The molecule has 0 bridgehead atoms. The monoisotopic (exact) mass is 323 g/mol. The summed E-state index contributed by atoms with van der Waals surface area (Å²) < 4.78 is 0. The molecule has 3 aromatic carbocycles. The second-order valence-electron chi connectivity index (χ2n) is 5.68. The summed E-state index contributed by atoms with van der Waals surface area (Å²) in [6, 6.07) is 27.0. The molecule has 0 saturated carbocycles. The van der Waals surface area contributed by atoms with Crippen LogP contribution < -0.4 is 5.32 Å². The van der Waals surface area contributed by atoms with Gasteiger partial charge in [0.2, 0.25) is 0 Å². The van der Waals surface area contributed by atoms with Crippen molar-refractivity contribution in [3.63, 3.8) is 0 Å². The zero-order valence-corrected chi connectivity index (χ0v) is 14.2. The number of hydrogen-bond donors (Lipinski definition) is 1. The van der Waals surface area contributed by atoms with Gasteiger partial charge >= 0.3 is 0 Å². The summed E-state index contributed by atoms with van der Waals surface area (Å²) in [6.07, 6.45) is 5.62. The molecule has 0 spiro atoms. The van der Waals surface area contributed by atoms with E-state index < -0.39 is 0 Å². The summed E-state index contributed by atoms with van der Waals surface area (Å²) in [4.78, 5) is 0. The van der Waals surface area contributed by atoms with Crippen molar-refractivity contribution < 1.29 is 0 Å². The van der Waals surface area contributed by atoms with E-state index in [1.54, 1.807) is 6.08 Å². The summed E-state index contributed by atoms with van der Waals surface area (Å²) >= 11 is 0. The van der Waals surface area contributed by atoms with Gasteiger partial charge in [-0.3, -0.25) is 0 Å². The highest BCUT2D eigenvalue weighted by Gasteiger charge is 2.08. The molecule has 0 fully saturated rings. The maximum atomic E-state index is 3.92. The molecule has 0 heterocycles. The number of benzene rings is 3. The van der Waals surface area contributed by atoms with Crippen LogP contribution in [0.5, 0.6) is 0 Å². The third-order valence-electron chi connectivity index (χ3n) is 4.01. The largest absolute Gasteiger partial charge is 0.355 e. The molecule has 0 atom stereocenters. The van der Waals surface area contributed by atoms with Crippen molar-refractivity contribution in [2.75, 3.05) is 5.32 Å². The molecule has 1 nitrogen and oxygen atoms in total. The minimum atomic E-state index is 1.05. The van der Waals surface area contributed by atoms with Crippen LogP contribution in [0.4, 0.5) is 11.4 Å². The Morgan fingerprint density at radius 3 is 2.12 bits per heavy atom. The normalized spacial score (nSPS) is 11.0. The maximum absolute atomic E-state index is 3.92. The van der Waals surface area contributed by atoms with E-state index in [9.17, 15) is 0 Å². The van der Waals surface area contributed by atoms with Crippen molar-refractivity contribution >= 4 is 16.9 Å². The smallest absolute Gasteiger partial charge is 0.0464 e. The molecular formula is C24H21N. The molecule has 0 aromatic heterocycles. The Bertz CT molecular complexity index is 890. The van der Waals surface area contributed by atoms with Gasteiger partial charge in [0, 0.05) is 16.9 Å². The SMILES string of the molecule is C=C/C=C(\C=C)c1ccc(Nc2ccccc2)c(-c2ccccc2)c1. The van der Waals surface area contributed by atoms with Gasteiger partial charge in [0.15, 0.2) is 0 Å². The van der Waals surface area contributed by atoms with Crippen molar-refractivity contribution in [3.05, 3.63) is 116 Å². The molecule has 122 valence electrons. The number of nitrogens with one attached hydrogen (secondary N) is 1. The maximum Gasteiger partial charge on any atom is 0.0464 e. The minimum Gasteiger partial charge on any atom is -0.355 e. The van der Waals surface area contributed by atoms with Gasteiger partial charge in [0.25, 0.3) is 0 Å². The first kappa shape index (κ1) is 16.5. The first-order chi connectivity index (χ1) is 12.3. The number of hydrogen-bond acceptors (Lipinski definition) is 1. The van der Waals surface area contributed by atoms with Crippen LogP contribution in [0, 0.1) is 0 Å². The average molecular weight is 323 g/mol. The van der Waals surface area contributed by atoms with Crippen LogP contribution in [-0.2, 0) is 0 Å². The van der Waals surface area contributed by atoms with Gasteiger partial charge in [-0.05, 0) is 41.0 Å². The Labute approximate surface area is 149 Å². The van der Waals surface area contributed by atoms with Crippen LogP contribution in [0.25, 0.3) is 16.7 Å². The van der Waals surface area contributed by atoms with E-state index in [2.05, 4.69) is 73.1 Å². The van der Waals surface area contributed by atoms with Crippen molar-refractivity contribution in [1.29, 1.82) is 0 Å². The standard InChI is InChI=1S/C24H21N/c1-3-11-19(4-2)21-16-17-24(25-22-14-9-6-10-15-22)23(18-21)20-12-7-5-8-13-20/h3-18,25H,1-2H2/b19-11+. The molecule has 3 rings (SSSR count). The molecule has 1 heteroatoms. The van der Waals surface area contributed by atoms with Gasteiger partial charge in [-0.25, -0.2) is 0 Å². The molecule has 0 unspecified atom stereocenters. The zero-order chi connectivity index (χ0) is 17.5. The Kier molecular flexibility index (Phi) is 5.28. The van der Waals surface area contributed by atoms with Crippen molar-refractivity contribution in [1.82, 2.24) is 0 Å². The van der Waals surface area contributed by atoms with Gasteiger partial charge in [-0.1, -0.05) is 86.0 Å². The predicted octanol–water partition coefficient (Wildman–Crippen LogP) is 6.85.